The minimum Gasteiger partial charge on any atom is -0.460 e. The first kappa shape index (κ1) is 21.5. The maximum absolute atomic E-state index is 13.0. The molecule has 0 bridgehead atoms. The number of carbonyl (C=O) groups is 3. The largest absolute Gasteiger partial charge is 0.460 e. The van der Waals surface area contributed by atoms with E-state index in [1.807, 2.05) is 13.8 Å². The molecular formula is C19H33NO5. The van der Waals surface area contributed by atoms with Gasteiger partial charge in [-0.05, 0) is 60.3 Å². The number of imide groups is 1. The molecule has 25 heavy (non-hydrogen) atoms. The van der Waals surface area contributed by atoms with E-state index in [4.69, 9.17) is 9.47 Å². The lowest BCUT2D eigenvalue weighted by Gasteiger charge is -2.30. The fourth-order valence-corrected chi connectivity index (χ4v) is 3.17. The Kier molecular flexibility index (Phi) is 6.30. The Morgan fingerprint density at radius 1 is 1.08 bits per heavy atom. The van der Waals surface area contributed by atoms with Crippen LogP contribution in [0, 0.1) is 11.3 Å². The predicted octanol–water partition coefficient (Wildman–Crippen LogP) is 3.92. The molecule has 1 fully saturated rings. The van der Waals surface area contributed by atoms with Crippen LogP contribution >= 0.6 is 0 Å². The van der Waals surface area contributed by atoms with Crippen molar-refractivity contribution in [1.82, 2.24) is 4.90 Å². The number of amides is 2. The Bertz CT molecular complexity index is 527. The maximum atomic E-state index is 13.0. The lowest BCUT2D eigenvalue weighted by atomic mass is 9.76. The second-order valence-electron chi connectivity index (χ2n) is 9.33. The highest BCUT2D eigenvalue weighted by Crippen LogP contribution is 2.42. The molecule has 0 saturated carbocycles. The van der Waals surface area contributed by atoms with E-state index in [0.717, 1.165) is 4.90 Å². The molecule has 0 spiro atoms. The number of hydrogen-bond donors (Lipinski definition) is 0. The Hall–Kier alpha value is -1.59. The van der Waals surface area contributed by atoms with Gasteiger partial charge in [-0.25, -0.2) is 9.69 Å². The molecule has 6 heteroatoms. The molecule has 1 atom stereocenters. The van der Waals surface area contributed by atoms with Crippen LogP contribution in [-0.2, 0) is 19.1 Å². The molecule has 0 aliphatic carbocycles. The molecular weight excluding hydrogens is 322 g/mol. The summed E-state index contributed by atoms with van der Waals surface area (Å²) in [4.78, 5) is 38.8. The fraction of sp³-hybridized carbons (Fsp3) is 0.842. The van der Waals surface area contributed by atoms with Crippen molar-refractivity contribution in [3.05, 3.63) is 0 Å². The summed E-state index contributed by atoms with van der Waals surface area (Å²) < 4.78 is 10.7. The zero-order valence-electron chi connectivity index (χ0n) is 16.9. The summed E-state index contributed by atoms with van der Waals surface area (Å²) in [5, 5.41) is 0. The average Bonchev–Trinajstić information content (AvgIpc) is 2.61. The summed E-state index contributed by atoms with van der Waals surface area (Å²) in [7, 11) is 0. The number of hydrogen-bond acceptors (Lipinski definition) is 5. The molecule has 1 heterocycles. The van der Waals surface area contributed by atoms with Crippen LogP contribution in [0.25, 0.3) is 0 Å². The monoisotopic (exact) mass is 355 g/mol. The maximum Gasteiger partial charge on any atom is 0.417 e. The van der Waals surface area contributed by atoms with Gasteiger partial charge in [-0.1, -0.05) is 13.8 Å². The molecule has 6 nitrogen and oxygen atoms in total. The van der Waals surface area contributed by atoms with Crippen molar-refractivity contribution in [3.8, 4) is 0 Å². The molecule has 0 aromatic rings. The number of esters is 1. The van der Waals surface area contributed by atoms with E-state index in [1.165, 1.54) is 0 Å². The van der Waals surface area contributed by atoms with Crippen LogP contribution in [0.4, 0.5) is 4.79 Å². The first-order valence-corrected chi connectivity index (χ1v) is 8.92. The topological polar surface area (TPSA) is 72.9 Å². The van der Waals surface area contributed by atoms with Gasteiger partial charge < -0.3 is 9.47 Å². The SMILES string of the molecule is CC(C)CC1(CC(=O)OC(C)(C)C)CCN(C(=O)OC(C)(C)C)C1=O. The van der Waals surface area contributed by atoms with E-state index in [-0.39, 0.29) is 24.8 Å². The van der Waals surface area contributed by atoms with Crippen molar-refractivity contribution in [2.75, 3.05) is 6.54 Å². The highest BCUT2D eigenvalue weighted by Gasteiger charge is 2.51. The molecule has 1 saturated heterocycles. The number of ether oxygens (including phenoxy) is 2. The fourth-order valence-electron chi connectivity index (χ4n) is 3.17. The van der Waals surface area contributed by atoms with Gasteiger partial charge >= 0.3 is 12.1 Å². The van der Waals surface area contributed by atoms with E-state index < -0.39 is 28.7 Å². The van der Waals surface area contributed by atoms with Crippen LogP contribution in [0.1, 0.15) is 74.7 Å². The van der Waals surface area contributed by atoms with E-state index in [0.29, 0.717) is 12.8 Å². The summed E-state index contributed by atoms with van der Waals surface area (Å²) in [6.45, 7) is 14.9. The predicted molar refractivity (Wildman–Crippen MR) is 94.9 cm³/mol. The van der Waals surface area contributed by atoms with Crippen LogP contribution in [-0.4, -0.2) is 40.6 Å². The van der Waals surface area contributed by atoms with E-state index in [2.05, 4.69) is 0 Å². The van der Waals surface area contributed by atoms with E-state index in [9.17, 15) is 14.4 Å². The molecule has 1 rings (SSSR count). The van der Waals surface area contributed by atoms with Gasteiger partial charge in [0.25, 0.3) is 0 Å². The van der Waals surface area contributed by atoms with Gasteiger partial charge in [0, 0.05) is 6.54 Å². The Morgan fingerprint density at radius 2 is 1.60 bits per heavy atom. The average molecular weight is 355 g/mol. The van der Waals surface area contributed by atoms with Crippen molar-refractivity contribution in [2.45, 2.75) is 85.9 Å². The summed E-state index contributed by atoms with van der Waals surface area (Å²) in [6.07, 6.45) is 0.320. The third-order valence-electron chi connectivity index (χ3n) is 3.83. The summed E-state index contributed by atoms with van der Waals surface area (Å²) in [5.41, 5.74) is -2.18. The van der Waals surface area contributed by atoms with Crippen molar-refractivity contribution >= 4 is 18.0 Å². The molecule has 144 valence electrons. The smallest absolute Gasteiger partial charge is 0.417 e. The summed E-state index contributed by atoms with van der Waals surface area (Å²) in [6, 6.07) is 0. The Morgan fingerprint density at radius 3 is 2.04 bits per heavy atom. The van der Waals surface area contributed by atoms with Crippen molar-refractivity contribution in [2.24, 2.45) is 11.3 Å². The quantitative estimate of drug-likeness (QED) is 0.715. The standard InChI is InChI=1S/C19H33NO5/c1-13(2)11-19(12-14(21)24-17(3,4)5)9-10-20(15(19)22)16(23)25-18(6,7)8/h13H,9-12H2,1-8H3. The second kappa shape index (κ2) is 7.34. The normalized spacial score (nSPS) is 21.6. The molecule has 1 aliphatic rings. The lowest BCUT2D eigenvalue weighted by molar-refractivity contribution is -0.160. The molecule has 0 N–H and O–H groups in total. The van der Waals surface area contributed by atoms with Crippen LogP contribution in [0.2, 0.25) is 0 Å². The minimum atomic E-state index is -0.895. The molecule has 1 aliphatic heterocycles. The number of nitrogens with zero attached hydrogens (tertiary/aromatic N) is 1. The summed E-state index contributed by atoms with van der Waals surface area (Å²) in [5.74, 6) is -0.529. The van der Waals surface area contributed by atoms with Crippen molar-refractivity contribution in [3.63, 3.8) is 0 Å². The van der Waals surface area contributed by atoms with Gasteiger partial charge in [0.1, 0.15) is 11.2 Å². The first-order chi connectivity index (χ1) is 11.2. The van der Waals surface area contributed by atoms with Gasteiger partial charge in [-0.15, -0.1) is 0 Å². The molecule has 0 aromatic heterocycles. The molecule has 0 radical (unpaired) electrons. The summed E-state index contributed by atoms with van der Waals surface area (Å²) >= 11 is 0. The Labute approximate surface area is 151 Å². The lowest BCUT2D eigenvalue weighted by Crippen LogP contribution is -2.43. The van der Waals surface area contributed by atoms with Gasteiger partial charge in [0.15, 0.2) is 0 Å². The third kappa shape index (κ3) is 6.33. The van der Waals surface area contributed by atoms with Gasteiger partial charge in [-0.3, -0.25) is 9.59 Å². The van der Waals surface area contributed by atoms with Crippen LogP contribution in [0.3, 0.4) is 0 Å². The van der Waals surface area contributed by atoms with Crippen LogP contribution < -0.4 is 0 Å². The highest BCUT2D eigenvalue weighted by atomic mass is 16.6. The van der Waals surface area contributed by atoms with Crippen LogP contribution in [0.5, 0.6) is 0 Å². The number of rotatable bonds is 4. The van der Waals surface area contributed by atoms with Gasteiger partial charge in [-0.2, -0.15) is 0 Å². The minimum absolute atomic E-state index is 0.0133. The zero-order valence-corrected chi connectivity index (χ0v) is 16.9. The van der Waals surface area contributed by atoms with Crippen LogP contribution in [0.15, 0.2) is 0 Å². The van der Waals surface area contributed by atoms with Gasteiger partial charge in [0.05, 0.1) is 11.8 Å². The third-order valence-corrected chi connectivity index (χ3v) is 3.83. The van der Waals surface area contributed by atoms with E-state index in [1.54, 1.807) is 41.5 Å². The number of likely N-dealkylation sites (tertiary alicyclic amines) is 1. The second-order valence-corrected chi connectivity index (χ2v) is 9.33. The van der Waals surface area contributed by atoms with E-state index >= 15 is 0 Å². The van der Waals surface area contributed by atoms with Crippen molar-refractivity contribution in [1.29, 1.82) is 0 Å². The highest BCUT2D eigenvalue weighted by molar-refractivity contribution is 5.99. The Balaban J connectivity index is 2.98. The first-order valence-electron chi connectivity index (χ1n) is 8.92. The molecule has 1 unspecified atom stereocenters. The number of carbonyl (C=O) groups excluding carboxylic acids is 3. The zero-order chi connectivity index (χ0) is 19.6. The van der Waals surface area contributed by atoms with Gasteiger partial charge in [0.2, 0.25) is 5.91 Å². The molecule has 0 aromatic carbocycles. The van der Waals surface area contributed by atoms with Crippen molar-refractivity contribution < 1.29 is 23.9 Å². The molecule has 2 amide bonds.